The summed E-state index contributed by atoms with van der Waals surface area (Å²) in [7, 11) is -0.195. The summed E-state index contributed by atoms with van der Waals surface area (Å²) in [6, 6.07) is 18.5. The smallest absolute Gasteiger partial charge is 0.243 e. The van der Waals surface area contributed by atoms with E-state index >= 15 is 0 Å². The summed E-state index contributed by atoms with van der Waals surface area (Å²) in [5.41, 5.74) is 2.75. The van der Waals surface area contributed by atoms with Gasteiger partial charge in [-0.1, -0.05) is 107 Å². The van der Waals surface area contributed by atoms with Gasteiger partial charge in [-0.3, -0.25) is 0 Å². The van der Waals surface area contributed by atoms with Crippen molar-refractivity contribution in [2.24, 2.45) is 7.05 Å². The first kappa shape index (κ1) is 38.0. The third kappa shape index (κ3) is 12.7. The van der Waals surface area contributed by atoms with Crippen molar-refractivity contribution in [2.75, 3.05) is 13.7 Å². The molecule has 0 atom stereocenters. The van der Waals surface area contributed by atoms with E-state index in [1.54, 1.807) is 19.2 Å². The molecule has 0 bridgehead atoms. The molecule has 0 saturated heterocycles. The van der Waals surface area contributed by atoms with Gasteiger partial charge in [0.2, 0.25) is 10.0 Å². The predicted octanol–water partition coefficient (Wildman–Crippen LogP) is 5.30. The molecule has 0 radical (unpaired) electrons. The van der Waals surface area contributed by atoms with E-state index in [0.29, 0.717) is 18.1 Å². The summed E-state index contributed by atoms with van der Waals surface area (Å²) in [5.74, 6) is 1.31. The SMILES string of the molecule is CCCCCCCCCCCCCCOc1ccc(CN(Cc2cccc[n+]2C)S(=O)(=O)c2ccc(C)cc2)cc1OC.[I-]. The average Bonchev–Trinajstić information content (AvgIpc) is 3.00. The predicted molar refractivity (Wildman–Crippen MR) is 175 cm³/mol. The zero-order valence-electron chi connectivity index (χ0n) is 27.3. The van der Waals surface area contributed by atoms with Crippen LogP contribution in [0.1, 0.15) is 101 Å². The van der Waals surface area contributed by atoms with Crippen LogP contribution in [-0.2, 0) is 30.2 Å². The van der Waals surface area contributed by atoms with Crippen molar-refractivity contribution < 1.29 is 46.4 Å². The van der Waals surface area contributed by atoms with Gasteiger partial charge in [-0.15, -0.1) is 0 Å². The van der Waals surface area contributed by atoms with Crippen LogP contribution in [-0.4, -0.2) is 26.4 Å². The van der Waals surface area contributed by atoms with Crippen LogP contribution in [0.5, 0.6) is 11.5 Å². The van der Waals surface area contributed by atoms with Gasteiger partial charge in [0.05, 0.1) is 25.2 Å². The maximum atomic E-state index is 13.8. The number of hydrogen-bond acceptors (Lipinski definition) is 4. The summed E-state index contributed by atoms with van der Waals surface area (Å²) in [6.45, 7) is 5.31. The van der Waals surface area contributed by atoms with Crippen molar-refractivity contribution >= 4 is 10.0 Å². The number of methoxy groups -OCH3 is 1. The monoisotopic (exact) mass is 736 g/mol. The van der Waals surface area contributed by atoms with Gasteiger partial charge in [0, 0.05) is 18.7 Å². The highest BCUT2D eigenvalue weighted by molar-refractivity contribution is 7.89. The summed E-state index contributed by atoms with van der Waals surface area (Å²) in [6.07, 6.45) is 17.6. The van der Waals surface area contributed by atoms with Crippen LogP contribution in [0.25, 0.3) is 0 Å². The number of aryl methyl sites for hydroxylation is 2. The van der Waals surface area contributed by atoms with Crippen LogP contribution in [0, 0.1) is 6.92 Å². The van der Waals surface area contributed by atoms with Crippen molar-refractivity contribution in [3.05, 3.63) is 83.7 Å². The Morgan fingerprint density at radius 3 is 1.95 bits per heavy atom. The van der Waals surface area contributed by atoms with Crippen LogP contribution in [0.3, 0.4) is 0 Å². The average molecular weight is 737 g/mol. The van der Waals surface area contributed by atoms with Gasteiger partial charge in [-0.2, -0.15) is 4.31 Å². The van der Waals surface area contributed by atoms with Crippen LogP contribution in [0.4, 0.5) is 0 Å². The van der Waals surface area contributed by atoms with Crippen molar-refractivity contribution in [1.82, 2.24) is 4.31 Å². The van der Waals surface area contributed by atoms with E-state index < -0.39 is 10.0 Å². The fourth-order valence-electron chi connectivity index (χ4n) is 5.25. The number of rotatable bonds is 21. The molecule has 3 aromatic rings. The maximum absolute atomic E-state index is 13.8. The van der Waals surface area contributed by atoms with Gasteiger partial charge >= 0.3 is 0 Å². The van der Waals surface area contributed by atoms with E-state index in [4.69, 9.17) is 9.47 Å². The Labute approximate surface area is 284 Å². The minimum Gasteiger partial charge on any atom is -1.00 e. The van der Waals surface area contributed by atoms with Crippen molar-refractivity contribution in [1.29, 1.82) is 0 Å². The molecular formula is C36H53IN2O4S. The largest absolute Gasteiger partial charge is 1.00 e. The van der Waals surface area contributed by atoms with Gasteiger partial charge in [-0.05, 0) is 43.2 Å². The highest BCUT2D eigenvalue weighted by Crippen LogP contribution is 2.30. The molecule has 0 fully saturated rings. The van der Waals surface area contributed by atoms with Gasteiger partial charge in [0.25, 0.3) is 0 Å². The summed E-state index contributed by atoms with van der Waals surface area (Å²) >= 11 is 0. The Kier molecular flexibility index (Phi) is 18.0. The van der Waals surface area contributed by atoms with Gasteiger partial charge in [-0.25, -0.2) is 13.0 Å². The number of hydrogen-bond donors (Lipinski definition) is 0. The van der Waals surface area contributed by atoms with E-state index in [1.807, 2.05) is 73.3 Å². The number of sulfonamides is 1. The van der Waals surface area contributed by atoms with Crippen LogP contribution in [0.2, 0.25) is 0 Å². The lowest BCUT2D eigenvalue weighted by molar-refractivity contribution is -0.680. The van der Waals surface area contributed by atoms with Crippen molar-refractivity contribution in [2.45, 2.75) is 109 Å². The van der Waals surface area contributed by atoms with E-state index in [2.05, 4.69) is 6.92 Å². The minimum atomic E-state index is -3.75. The molecule has 0 N–H and O–H groups in total. The first-order chi connectivity index (χ1) is 20.8. The molecule has 0 aliphatic heterocycles. The molecule has 2 aromatic carbocycles. The Hall–Kier alpha value is -2.17. The standard InChI is InChI=1S/C36H53N2O4S.HI/c1-5-6-7-8-9-10-11-12-13-14-15-18-27-42-35-25-22-32(28-36(35)41-4)29-38(30-33-19-16-17-26-37(33)3)43(39,40)34-23-20-31(2)21-24-34;/h16-17,19-26,28H,5-15,18,27,29-30H2,1-4H3;1H/q+1;/p-1. The van der Waals surface area contributed by atoms with Crippen LogP contribution in [0.15, 0.2) is 71.8 Å². The molecule has 0 spiro atoms. The lowest BCUT2D eigenvalue weighted by atomic mass is 10.1. The molecule has 0 amide bonds. The number of unbranched alkanes of at least 4 members (excludes halogenated alkanes) is 11. The quantitative estimate of drug-likeness (QED) is 0.0847. The molecule has 6 nitrogen and oxygen atoms in total. The molecule has 0 aliphatic carbocycles. The first-order valence-corrected chi connectivity index (χ1v) is 17.6. The van der Waals surface area contributed by atoms with E-state index in [0.717, 1.165) is 23.2 Å². The first-order valence-electron chi connectivity index (χ1n) is 16.1. The van der Waals surface area contributed by atoms with Gasteiger partial charge in [0.1, 0.15) is 7.05 Å². The zero-order valence-corrected chi connectivity index (χ0v) is 30.2. The number of pyridine rings is 1. The Bertz CT molecular complexity index is 1330. The van der Waals surface area contributed by atoms with Crippen LogP contribution >= 0.6 is 0 Å². The summed E-state index contributed by atoms with van der Waals surface area (Å²) in [5, 5.41) is 0. The third-order valence-corrected chi connectivity index (χ3v) is 9.81. The highest BCUT2D eigenvalue weighted by Gasteiger charge is 2.27. The normalized spacial score (nSPS) is 11.4. The lowest BCUT2D eigenvalue weighted by Gasteiger charge is -2.22. The van der Waals surface area contributed by atoms with Crippen LogP contribution < -0.4 is 38.0 Å². The minimum absolute atomic E-state index is 0. The Balaban J connectivity index is 0.00000675. The van der Waals surface area contributed by atoms with Crippen molar-refractivity contribution in [3.8, 4) is 11.5 Å². The molecule has 1 aromatic heterocycles. The second-order valence-electron chi connectivity index (χ2n) is 11.6. The molecular weight excluding hydrogens is 683 g/mol. The molecule has 0 aliphatic rings. The van der Waals surface area contributed by atoms with E-state index in [-0.39, 0.29) is 42.0 Å². The fraction of sp³-hybridized carbons (Fsp3) is 0.528. The van der Waals surface area contributed by atoms with Crippen molar-refractivity contribution in [3.63, 3.8) is 0 Å². The fourth-order valence-corrected chi connectivity index (χ4v) is 6.65. The number of ether oxygens (including phenoxy) is 2. The summed E-state index contributed by atoms with van der Waals surface area (Å²) in [4.78, 5) is 0.283. The molecule has 8 heteroatoms. The maximum Gasteiger partial charge on any atom is 0.243 e. The summed E-state index contributed by atoms with van der Waals surface area (Å²) < 4.78 is 42.8. The second-order valence-corrected chi connectivity index (χ2v) is 13.5. The van der Waals surface area contributed by atoms with E-state index in [9.17, 15) is 8.42 Å². The Morgan fingerprint density at radius 2 is 1.36 bits per heavy atom. The number of halogens is 1. The number of nitrogens with zero attached hydrogens (tertiary/aromatic N) is 2. The molecule has 244 valence electrons. The van der Waals surface area contributed by atoms with Gasteiger partial charge in [0.15, 0.2) is 23.4 Å². The molecule has 0 saturated carbocycles. The third-order valence-electron chi connectivity index (χ3n) is 8.00. The zero-order chi connectivity index (χ0) is 30.9. The Morgan fingerprint density at radius 1 is 0.750 bits per heavy atom. The number of aromatic nitrogens is 1. The highest BCUT2D eigenvalue weighted by atomic mass is 127. The second kappa shape index (κ2) is 20.8. The molecule has 0 unspecified atom stereocenters. The molecule has 44 heavy (non-hydrogen) atoms. The van der Waals surface area contributed by atoms with E-state index in [1.165, 1.54) is 74.9 Å². The number of benzene rings is 2. The lowest BCUT2D eigenvalue weighted by Crippen LogP contribution is -3.00. The topological polar surface area (TPSA) is 59.7 Å². The molecule has 1 heterocycles. The van der Waals surface area contributed by atoms with Gasteiger partial charge < -0.3 is 33.5 Å². The molecule has 3 rings (SSSR count).